The van der Waals surface area contributed by atoms with Crippen molar-refractivity contribution in [1.82, 2.24) is 25.5 Å². The zero-order valence-electron chi connectivity index (χ0n) is 12.7. The summed E-state index contributed by atoms with van der Waals surface area (Å²) in [6.07, 6.45) is 2.03. The topological polar surface area (TPSA) is 108 Å². The average molecular weight is 291 g/mol. The number of aromatic nitrogens is 4. The Morgan fingerprint density at radius 1 is 1.33 bits per heavy atom. The highest BCUT2D eigenvalue weighted by Crippen LogP contribution is 2.19. The molecule has 1 amide bonds. The van der Waals surface area contributed by atoms with Crippen LogP contribution < -0.4 is 16.0 Å². The molecule has 0 fully saturated rings. The molecule has 2 aromatic heterocycles. The molecule has 0 spiro atoms. The number of amides is 1. The number of anilines is 2. The number of carbonyl (C=O) groups excluding carboxylic acids is 1. The van der Waals surface area contributed by atoms with Gasteiger partial charge < -0.3 is 16.0 Å². The van der Waals surface area contributed by atoms with Crippen LogP contribution in [0.15, 0.2) is 6.20 Å². The van der Waals surface area contributed by atoms with Crippen LogP contribution in [0.4, 0.5) is 11.8 Å². The molecule has 0 saturated carbocycles. The van der Waals surface area contributed by atoms with Crippen molar-refractivity contribution in [2.75, 3.05) is 24.2 Å². The van der Waals surface area contributed by atoms with Crippen molar-refractivity contribution in [3.63, 3.8) is 0 Å². The van der Waals surface area contributed by atoms with E-state index in [0.29, 0.717) is 30.4 Å². The van der Waals surface area contributed by atoms with Gasteiger partial charge in [0.2, 0.25) is 11.9 Å². The van der Waals surface area contributed by atoms with Crippen LogP contribution >= 0.6 is 0 Å². The lowest BCUT2D eigenvalue weighted by Crippen LogP contribution is -2.41. The van der Waals surface area contributed by atoms with Crippen LogP contribution in [-0.4, -0.2) is 45.2 Å². The van der Waals surface area contributed by atoms with Crippen molar-refractivity contribution in [2.45, 2.75) is 32.7 Å². The maximum Gasteiger partial charge on any atom is 0.226 e. The van der Waals surface area contributed by atoms with E-state index in [9.17, 15) is 4.79 Å². The van der Waals surface area contributed by atoms with Crippen molar-refractivity contribution in [3.05, 3.63) is 6.20 Å². The van der Waals surface area contributed by atoms with Crippen LogP contribution in [0, 0.1) is 0 Å². The van der Waals surface area contributed by atoms with Gasteiger partial charge in [-0.2, -0.15) is 15.1 Å². The first-order chi connectivity index (χ1) is 9.89. The van der Waals surface area contributed by atoms with Gasteiger partial charge in [-0.1, -0.05) is 0 Å². The van der Waals surface area contributed by atoms with Crippen LogP contribution in [0.3, 0.4) is 0 Å². The first-order valence-corrected chi connectivity index (χ1v) is 6.83. The monoisotopic (exact) mass is 291 g/mol. The number of fused-ring (bicyclic) bond motifs is 1. The minimum atomic E-state index is -0.219. The van der Waals surface area contributed by atoms with Gasteiger partial charge in [-0.25, -0.2) is 0 Å². The second-order valence-electron chi connectivity index (χ2n) is 5.75. The van der Waals surface area contributed by atoms with Crippen LogP contribution in [0.5, 0.6) is 0 Å². The molecule has 21 heavy (non-hydrogen) atoms. The van der Waals surface area contributed by atoms with Crippen molar-refractivity contribution < 1.29 is 4.79 Å². The van der Waals surface area contributed by atoms with E-state index in [4.69, 9.17) is 0 Å². The number of carbonyl (C=O) groups is 1. The van der Waals surface area contributed by atoms with Crippen molar-refractivity contribution in [2.24, 2.45) is 0 Å². The van der Waals surface area contributed by atoms with Gasteiger partial charge >= 0.3 is 0 Å². The largest absolute Gasteiger partial charge is 0.369 e. The van der Waals surface area contributed by atoms with Gasteiger partial charge in [-0.05, 0) is 20.8 Å². The predicted molar refractivity (Wildman–Crippen MR) is 82.2 cm³/mol. The second-order valence-corrected chi connectivity index (χ2v) is 5.75. The van der Waals surface area contributed by atoms with Gasteiger partial charge in [-0.15, -0.1) is 0 Å². The third-order valence-corrected chi connectivity index (χ3v) is 2.69. The van der Waals surface area contributed by atoms with Gasteiger partial charge in [0.25, 0.3) is 0 Å². The van der Waals surface area contributed by atoms with E-state index in [1.807, 2.05) is 20.8 Å². The van der Waals surface area contributed by atoms with E-state index in [0.717, 1.165) is 5.39 Å². The summed E-state index contributed by atoms with van der Waals surface area (Å²) in [4.78, 5) is 20.4. The fourth-order valence-electron chi connectivity index (χ4n) is 1.86. The van der Waals surface area contributed by atoms with Crippen molar-refractivity contribution in [3.8, 4) is 0 Å². The normalized spacial score (nSPS) is 11.4. The van der Waals surface area contributed by atoms with E-state index < -0.39 is 0 Å². The Morgan fingerprint density at radius 2 is 2.10 bits per heavy atom. The third kappa shape index (κ3) is 4.04. The van der Waals surface area contributed by atoms with Crippen LogP contribution in [0.2, 0.25) is 0 Å². The number of aromatic amines is 1. The van der Waals surface area contributed by atoms with Gasteiger partial charge in [-0.3, -0.25) is 9.89 Å². The maximum absolute atomic E-state index is 11.8. The molecule has 0 aliphatic heterocycles. The molecule has 2 rings (SSSR count). The van der Waals surface area contributed by atoms with E-state index in [2.05, 4.69) is 36.1 Å². The summed E-state index contributed by atoms with van der Waals surface area (Å²) in [5, 5.41) is 16.5. The first-order valence-electron chi connectivity index (χ1n) is 6.83. The van der Waals surface area contributed by atoms with E-state index >= 15 is 0 Å². The molecule has 0 bridgehead atoms. The quantitative estimate of drug-likeness (QED) is 0.657. The fraction of sp³-hybridized carbons (Fsp3) is 0.538. The lowest BCUT2D eigenvalue weighted by molar-refractivity contribution is -0.122. The molecule has 0 atom stereocenters. The molecule has 0 aromatic carbocycles. The van der Waals surface area contributed by atoms with Crippen molar-refractivity contribution in [1.29, 1.82) is 0 Å². The molecule has 0 aliphatic carbocycles. The smallest absolute Gasteiger partial charge is 0.226 e. The summed E-state index contributed by atoms with van der Waals surface area (Å²) in [7, 11) is 1.75. The second kappa shape index (κ2) is 5.94. The molecule has 0 unspecified atom stereocenters. The zero-order chi connectivity index (χ0) is 15.5. The van der Waals surface area contributed by atoms with Crippen LogP contribution in [0.25, 0.3) is 11.0 Å². The Bertz CT molecular complexity index is 629. The SMILES string of the molecule is CNc1nc(NCCC(=O)NC(C)(C)C)c2cn[nH]c2n1. The summed E-state index contributed by atoms with van der Waals surface area (Å²) < 4.78 is 0. The van der Waals surface area contributed by atoms with Crippen molar-refractivity contribution >= 4 is 28.7 Å². The van der Waals surface area contributed by atoms with Gasteiger partial charge in [0.05, 0.1) is 11.6 Å². The molecule has 8 nitrogen and oxygen atoms in total. The number of nitrogens with one attached hydrogen (secondary N) is 4. The lowest BCUT2D eigenvalue weighted by Gasteiger charge is -2.20. The van der Waals surface area contributed by atoms with E-state index in [1.165, 1.54) is 0 Å². The van der Waals surface area contributed by atoms with Gasteiger partial charge in [0, 0.05) is 25.6 Å². The zero-order valence-corrected chi connectivity index (χ0v) is 12.7. The molecular weight excluding hydrogens is 270 g/mol. The molecule has 2 heterocycles. The third-order valence-electron chi connectivity index (χ3n) is 2.69. The molecule has 0 aliphatic rings. The lowest BCUT2D eigenvalue weighted by atomic mass is 10.1. The number of rotatable bonds is 5. The molecule has 0 radical (unpaired) electrons. The highest BCUT2D eigenvalue weighted by Gasteiger charge is 2.14. The Morgan fingerprint density at radius 3 is 2.76 bits per heavy atom. The summed E-state index contributed by atoms with van der Waals surface area (Å²) in [5.41, 5.74) is 0.430. The summed E-state index contributed by atoms with van der Waals surface area (Å²) >= 11 is 0. The molecule has 2 aromatic rings. The minimum Gasteiger partial charge on any atom is -0.369 e. The molecule has 8 heteroatoms. The average Bonchev–Trinajstić information content (AvgIpc) is 2.84. The number of hydrogen-bond donors (Lipinski definition) is 4. The summed E-state index contributed by atoms with van der Waals surface area (Å²) in [5.74, 6) is 1.15. The van der Waals surface area contributed by atoms with E-state index in [1.54, 1.807) is 13.2 Å². The Kier molecular flexibility index (Phi) is 4.25. The summed E-state index contributed by atoms with van der Waals surface area (Å²) in [6, 6.07) is 0. The maximum atomic E-state index is 11.8. The van der Waals surface area contributed by atoms with E-state index in [-0.39, 0.29) is 11.4 Å². The highest BCUT2D eigenvalue weighted by atomic mass is 16.1. The highest BCUT2D eigenvalue weighted by molar-refractivity contribution is 5.87. The van der Waals surface area contributed by atoms with Gasteiger partial charge in [0.15, 0.2) is 5.65 Å². The molecule has 114 valence electrons. The Hall–Kier alpha value is -2.38. The summed E-state index contributed by atoms with van der Waals surface area (Å²) in [6.45, 7) is 6.35. The number of nitrogens with zero attached hydrogens (tertiary/aromatic N) is 3. The molecule has 4 N–H and O–H groups in total. The molecule has 0 saturated heterocycles. The number of H-pyrrole nitrogens is 1. The predicted octanol–water partition coefficient (Wildman–Crippen LogP) is 1.11. The fourth-order valence-corrected chi connectivity index (χ4v) is 1.86. The van der Waals surface area contributed by atoms with Crippen LogP contribution in [-0.2, 0) is 4.79 Å². The molecular formula is C13H21N7O. The first kappa shape index (κ1) is 15.0. The minimum absolute atomic E-state index is 0.00123. The van der Waals surface area contributed by atoms with Crippen LogP contribution in [0.1, 0.15) is 27.2 Å². The Labute approximate surface area is 123 Å². The number of hydrogen-bond acceptors (Lipinski definition) is 6. The van der Waals surface area contributed by atoms with Gasteiger partial charge in [0.1, 0.15) is 5.82 Å². The Balaban J connectivity index is 2.00. The standard InChI is InChI=1S/C13H21N7O/c1-13(2,3)19-9(21)5-6-15-10-8-7-16-20-11(8)18-12(14-4)17-10/h7H,5-6H2,1-4H3,(H,19,21)(H3,14,15,16,17,18,20).